The van der Waals surface area contributed by atoms with E-state index in [9.17, 15) is 4.79 Å². The molecule has 0 radical (unpaired) electrons. The van der Waals surface area contributed by atoms with E-state index in [0.29, 0.717) is 19.4 Å². The van der Waals surface area contributed by atoms with Gasteiger partial charge in [-0.1, -0.05) is 0 Å². The van der Waals surface area contributed by atoms with Crippen molar-refractivity contribution < 1.29 is 9.53 Å². The standard InChI is InChI=1S/C12H13Br2NO2/c1-2-17-11(16)12(15)5-7-3-9(13)10(14)4-8(7)6-12/h3-4H,2,5-6,15H2,1H3. The predicted octanol–water partition coefficient (Wildman–Crippen LogP) is 2.57. The smallest absolute Gasteiger partial charge is 0.326 e. The van der Waals surface area contributed by atoms with E-state index in [1.54, 1.807) is 6.92 Å². The summed E-state index contributed by atoms with van der Waals surface area (Å²) in [7, 11) is 0. The second-order valence-corrected chi connectivity index (χ2v) is 5.97. The third-order valence-electron chi connectivity index (χ3n) is 2.94. The minimum Gasteiger partial charge on any atom is -0.465 e. The molecule has 3 nitrogen and oxygen atoms in total. The number of fused-ring (bicyclic) bond motifs is 1. The summed E-state index contributed by atoms with van der Waals surface area (Å²) in [6, 6.07) is 4.01. The normalized spacial score (nSPS) is 16.7. The van der Waals surface area contributed by atoms with Gasteiger partial charge in [0.05, 0.1) is 6.61 Å². The quantitative estimate of drug-likeness (QED) is 0.822. The van der Waals surface area contributed by atoms with Crippen molar-refractivity contribution in [2.75, 3.05) is 6.61 Å². The van der Waals surface area contributed by atoms with Gasteiger partial charge >= 0.3 is 5.97 Å². The topological polar surface area (TPSA) is 52.3 Å². The first-order chi connectivity index (χ1) is 7.96. The number of nitrogens with two attached hydrogens (primary N) is 1. The number of ether oxygens (including phenoxy) is 1. The molecule has 0 unspecified atom stereocenters. The molecule has 0 fully saturated rings. The van der Waals surface area contributed by atoms with Crippen LogP contribution in [-0.4, -0.2) is 18.1 Å². The first kappa shape index (κ1) is 13.1. The molecular formula is C12H13Br2NO2. The Bertz CT molecular complexity index is 443. The molecule has 0 spiro atoms. The van der Waals surface area contributed by atoms with Gasteiger partial charge in [0, 0.05) is 21.8 Å². The molecule has 0 aromatic heterocycles. The van der Waals surface area contributed by atoms with E-state index in [0.717, 1.165) is 20.1 Å². The molecule has 0 saturated heterocycles. The van der Waals surface area contributed by atoms with Crippen LogP contribution in [0, 0.1) is 0 Å². The highest BCUT2D eigenvalue weighted by Crippen LogP contribution is 2.35. The number of benzene rings is 1. The molecule has 1 aliphatic carbocycles. The Hall–Kier alpha value is -0.390. The van der Waals surface area contributed by atoms with Crippen LogP contribution in [0.1, 0.15) is 18.1 Å². The van der Waals surface area contributed by atoms with Crippen molar-refractivity contribution >= 4 is 37.8 Å². The fraction of sp³-hybridized carbons (Fsp3) is 0.417. The molecule has 2 N–H and O–H groups in total. The third kappa shape index (κ3) is 2.41. The molecule has 0 heterocycles. The molecule has 1 aromatic rings. The van der Waals surface area contributed by atoms with Gasteiger partial charge in [0.2, 0.25) is 0 Å². The average molecular weight is 363 g/mol. The second kappa shape index (κ2) is 4.71. The van der Waals surface area contributed by atoms with Crippen LogP contribution >= 0.6 is 31.9 Å². The molecular weight excluding hydrogens is 350 g/mol. The van der Waals surface area contributed by atoms with Crippen LogP contribution in [-0.2, 0) is 22.4 Å². The molecule has 1 aromatic carbocycles. The minimum atomic E-state index is -0.904. The summed E-state index contributed by atoms with van der Waals surface area (Å²) in [6.45, 7) is 2.15. The van der Waals surface area contributed by atoms with Crippen LogP contribution in [0.25, 0.3) is 0 Å². The number of carbonyl (C=O) groups excluding carboxylic acids is 1. The molecule has 0 aliphatic heterocycles. The highest BCUT2D eigenvalue weighted by atomic mass is 79.9. The van der Waals surface area contributed by atoms with Crippen LogP contribution in [0.2, 0.25) is 0 Å². The van der Waals surface area contributed by atoms with Gasteiger partial charge in [0.1, 0.15) is 5.54 Å². The lowest BCUT2D eigenvalue weighted by molar-refractivity contribution is -0.149. The highest BCUT2D eigenvalue weighted by molar-refractivity contribution is 9.13. The van der Waals surface area contributed by atoms with Gasteiger partial charge in [-0.05, 0) is 62.0 Å². The van der Waals surface area contributed by atoms with Crippen LogP contribution in [0.4, 0.5) is 0 Å². The van der Waals surface area contributed by atoms with E-state index in [1.807, 2.05) is 12.1 Å². The van der Waals surface area contributed by atoms with E-state index < -0.39 is 5.54 Å². The minimum absolute atomic E-state index is 0.316. The zero-order chi connectivity index (χ0) is 12.6. The SMILES string of the molecule is CCOC(=O)C1(N)Cc2cc(Br)c(Br)cc2C1. The maximum atomic E-state index is 11.8. The van der Waals surface area contributed by atoms with E-state index in [1.165, 1.54) is 0 Å². The maximum absolute atomic E-state index is 11.8. The van der Waals surface area contributed by atoms with Crippen molar-refractivity contribution in [3.05, 3.63) is 32.2 Å². The summed E-state index contributed by atoms with van der Waals surface area (Å²) in [6.07, 6.45) is 1.07. The van der Waals surface area contributed by atoms with E-state index in [-0.39, 0.29) is 5.97 Å². The Kier molecular flexibility index (Phi) is 3.61. The Balaban J connectivity index is 2.29. The number of hydrogen-bond donors (Lipinski definition) is 1. The third-order valence-corrected chi connectivity index (χ3v) is 4.78. The Morgan fingerprint density at radius 3 is 2.24 bits per heavy atom. The predicted molar refractivity (Wildman–Crippen MR) is 72.8 cm³/mol. The second-order valence-electron chi connectivity index (χ2n) is 4.27. The lowest BCUT2D eigenvalue weighted by Gasteiger charge is -2.20. The molecule has 17 heavy (non-hydrogen) atoms. The maximum Gasteiger partial charge on any atom is 0.326 e. The number of halogens is 2. The molecule has 2 rings (SSSR count). The fourth-order valence-electron chi connectivity index (χ4n) is 2.12. The van der Waals surface area contributed by atoms with Crippen LogP contribution in [0.3, 0.4) is 0 Å². The van der Waals surface area contributed by atoms with Crippen LogP contribution in [0.5, 0.6) is 0 Å². The van der Waals surface area contributed by atoms with E-state index in [4.69, 9.17) is 10.5 Å². The zero-order valence-corrected chi connectivity index (χ0v) is 12.6. The molecule has 92 valence electrons. The van der Waals surface area contributed by atoms with Gasteiger partial charge in [-0.3, -0.25) is 4.79 Å². The number of hydrogen-bond acceptors (Lipinski definition) is 3. The largest absolute Gasteiger partial charge is 0.465 e. The van der Waals surface area contributed by atoms with E-state index in [2.05, 4.69) is 31.9 Å². The van der Waals surface area contributed by atoms with Crippen LogP contribution < -0.4 is 5.73 Å². The Morgan fingerprint density at radius 1 is 1.35 bits per heavy atom. The number of esters is 1. The van der Waals surface area contributed by atoms with E-state index >= 15 is 0 Å². The van der Waals surface area contributed by atoms with Crippen molar-refractivity contribution in [3.8, 4) is 0 Å². The first-order valence-corrected chi connectivity index (χ1v) is 6.98. The Morgan fingerprint density at radius 2 is 1.82 bits per heavy atom. The average Bonchev–Trinajstić information content (AvgIpc) is 2.57. The van der Waals surface area contributed by atoms with Gasteiger partial charge < -0.3 is 10.5 Å². The van der Waals surface area contributed by atoms with Gasteiger partial charge in [-0.25, -0.2) is 0 Å². The van der Waals surface area contributed by atoms with Gasteiger partial charge in [0.25, 0.3) is 0 Å². The molecule has 0 atom stereocenters. The molecule has 0 bridgehead atoms. The Labute approximate surface area is 117 Å². The summed E-state index contributed by atoms with van der Waals surface area (Å²) < 4.78 is 6.99. The summed E-state index contributed by atoms with van der Waals surface area (Å²) >= 11 is 6.90. The zero-order valence-electron chi connectivity index (χ0n) is 9.43. The lowest BCUT2D eigenvalue weighted by Crippen LogP contribution is -2.50. The number of rotatable bonds is 2. The highest BCUT2D eigenvalue weighted by Gasteiger charge is 2.41. The molecule has 1 aliphatic rings. The fourth-order valence-corrected chi connectivity index (χ4v) is 2.90. The number of carbonyl (C=O) groups is 1. The van der Waals surface area contributed by atoms with Crippen LogP contribution in [0.15, 0.2) is 21.1 Å². The van der Waals surface area contributed by atoms with Crippen molar-refractivity contribution in [2.24, 2.45) is 5.73 Å². The summed E-state index contributed by atoms with van der Waals surface area (Å²) in [5.74, 6) is -0.316. The molecule has 0 amide bonds. The van der Waals surface area contributed by atoms with Gasteiger partial charge in [-0.2, -0.15) is 0 Å². The summed E-state index contributed by atoms with van der Waals surface area (Å²) in [5, 5.41) is 0. The first-order valence-electron chi connectivity index (χ1n) is 5.39. The lowest BCUT2D eigenvalue weighted by atomic mass is 9.98. The molecule has 0 saturated carbocycles. The summed E-state index contributed by atoms with van der Waals surface area (Å²) in [4.78, 5) is 11.8. The van der Waals surface area contributed by atoms with Crippen molar-refractivity contribution in [1.82, 2.24) is 0 Å². The van der Waals surface area contributed by atoms with Crippen molar-refractivity contribution in [3.63, 3.8) is 0 Å². The van der Waals surface area contributed by atoms with Crippen molar-refractivity contribution in [2.45, 2.75) is 25.3 Å². The summed E-state index contributed by atoms with van der Waals surface area (Å²) in [5.41, 5.74) is 7.44. The van der Waals surface area contributed by atoms with Crippen molar-refractivity contribution in [1.29, 1.82) is 0 Å². The van der Waals surface area contributed by atoms with Gasteiger partial charge in [0.15, 0.2) is 0 Å². The molecule has 5 heteroatoms. The van der Waals surface area contributed by atoms with Gasteiger partial charge in [-0.15, -0.1) is 0 Å². The monoisotopic (exact) mass is 361 g/mol.